The van der Waals surface area contributed by atoms with E-state index >= 15 is 0 Å². The normalized spacial score (nSPS) is 20.9. The van der Waals surface area contributed by atoms with Gasteiger partial charge in [0.05, 0.1) is 29.2 Å². The summed E-state index contributed by atoms with van der Waals surface area (Å²) in [5, 5.41) is 13.4. The van der Waals surface area contributed by atoms with Crippen LogP contribution in [0.3, 0.4) is 0 Å². The highest BCUT2D eigenvalue weighted by atomic mass is 19.1. The Labute approximate surface area is 184 Å². The summed E-state index contributed by atoms with van der Waals surface area (Å²) in [5.74, 6) is -2.33. The largest absolute Gasteiger partial charge is 0.391 e. The minimum atomic E-state index is -0.818. The molecule has 0 saturated carbocycles. The van der Waals surface area contributed by atoms with Crippen molar-refractivity contribution in [1.29, 1.82) is 0 Å². The van der Waals surface area contributed by atoms with Crippen LogP contribution in [-0.4, -0.2) is 35.3 Å². The molecule has 1 saturated heterocycles. The van der Waals surface area contributed by atoms with Gasteiger partial charge in [-0.1, -0.05) is 19.1 Å². The molecule has 1 fully saturated rings. The maximum absolute atomic E-state index is 14.4. The molecule has 1 aliphatic heterocycles. The number of benzene rings is 2. The van der Waals surface area contributed by atoms with Gasteiger partial charge in [-0.25, -0.2) is 13.2 Å². The van der Waals surface area contributed by atoms with E-state index in [4.69, 9.17) is 5.73 Å². The molecule has 0 amide bonds. The average Bonchev–Trinajstić information content (AvgIpc) is 2.77. The van der Waals surface area contributed by atoms with E-state index in [9.17, 15) is 18.3 Å². The summed E-state index contributed by atoms with van der Waals surface area (Å²) < 4.78 is 42.8. The zero-order chi connectivity index (χ0) is 22.8. The molecule has 168 valence electrons. The molecule has 32 heavy (non-hydrogen) atoms. The lowest BCUT2D eigenvalue weighted by atomic mass is 9.92. The molecule has 2 heterocycles. The fraction of sp³-hybridized carbons (Fsp3) is 0.292. The van der Waals surface area contributed by atoms with E-state index in [2.05, 4.69) is 15.2 Å². The monoisotopic (exact) mass is 442 g/mol. The van der Waals surface area contributed by atoms with Gasteiger partial charge >= 0.3 is 0 Å². The number of piperidine rings is 1. The molecule has 4 N–H and O–H groups in total. The topological polar surface area (TPSA) is 74.4 Å². The average molecular weight is 442 g/mol. The number of nitrogens with zero attached hydrogens (tertiary/aromatic N) is 2. The van der Waals surface area contributed by atoms with Crippen LogP contribution < -0.4 is 16.0 Å². The summed E-state index contributed by atoms with van der Waals surface area (Å²) in [4.78, 5) is 6.27. The molecule has 0 spiro atoms. The molecule has 0 bridgehead atoms. The number of hydrogen-bond acceptors (Lipinski definition) is 5. The zero-order valence-corrected chi connectivity index (χ0v) is 17.6. The van der Waals surface area contributed by atoms with E-state index in [-0.39, 0.29) is 23.1 Å². The van der Waals surface area contributed by atoms with Crippen LogP contribution in [0.15, 0.2) is 54.9 Å². The van der Waals surface area contributed by atoms with Gasteiger partial charge in [-0.05, 0) is 35.9 Å². The van der Waals surface area contributed by atoms with E-state index < -0.39 is 23.6 Å². The summed E-state index contributed by atoms with van der Waals surface area (Å²) in [6.07, 6.45) is 2.80. The molecule has 4 rings (SSSR count). The molecule has 2 aromatic carbocycles. The van der Waals surface area contributed by atoms with Crippen LogP contribution in [0.5, 0.6) is 0 Å². The van der Waals surface area contributed by atoms with Gasteiger partial charge < -0.3 is 21.1 Å². The van der Waals surface area contributed by atoms with Crippen molar-refractivity contribution in [1.82, 2.24) is 4.98 Å². The number of aliphatic hydroxyl groups is 1. The van der Waals surface area contributed by atoms with Crippen molar-refractivity contribution in [2.75, 3.05) is 23.3 Å². The highest BCUT2D eigenvalue weighted by Gasteiger charge is 2.31. The zero-order valence-electron chi connectivity index (χ0n) is 17.6. The Hall–Kier alpha value is -3.10. The predicted molar refractivity (Wildman–Crippen MR) is 119 cm³/mol. The van der Waals surface area contributed by atoms with Crippen LogP contribution in [0.2, 0.25) is 0 Å². The molecule has 8 heteroatoms. The first-order chi connectivity index (χ1) is 15.3. The lowest BCUT2D eigenvalue weighted by Gasteiger charge is -2.40. The number of rotatable bonds is 5. The van der Waals surface area contributed by atoms with Crippen molar-refractivity contribution >= 4 is 11.4 Å². The van der Waals surface area contributed by atoms with Gasteiger partial charge in [0, 0.05) is 43.4 Å². The quantitative estimate of drug-likeness (QED) is 0.559. The van der Waals surface area contributed by atoms with Crippen LogP contribution in [0, 0.1) is 23.4 Å². The molecular formula is C24H25F3N4O. The van der Waals surface area contributed by atoms with E-state index in [0.29, 0.717) is 25.2 Å². The van der Waals surface area contributed by atoms with E-state index in [0.717, 1.165) is 23.5 Å². The maximum Gasteiger partial charge on any atom is 0.134 e. The Kier molecular flexibility index (Phi) is 6.34. The van der Waals surface area contributed by atoms with Crippen molar-refractivity contribution in [3.8, 4) is 11.1 Å². The molecule has 3 aromatic rings. The molecular weight excluding hydrogens is 417 g/mol. The molecule has 1 aromatic heterocycles. The molecule has 0 radical (unpaired) electrons. The Morgan fingerprint density at radius 1 is 1.09 bits per heavy atom. The van der Waals surface area contributed by atoms with Crippen molar-refractivity contribution in [3.05, 3.63) is 77.9 Å². The predicted octanol–water partition coefficient (Wildman–Crippen LogP) is 3.92. The van der Waals surface area contributed by atoms with Gasteiger partial charge in [0.2, 0.25) is 0 Å². The molecule has 0 aliphatic carbocycles. The Morgan fingerprint density at radius 2 is 1.84 bits per heavy atom. The fourth-order valence-corrected chi connectivity index (χ4v) is 4.14. The highest BCUT2D eigenvalue weighted by molar-refractivity contribution is 5.70. The summed E-state index contributed by atoms with van der Waals surface area (Å²) in [7, 11) is 0. The standard InChI is InChI=1S/C24H25F3N4O/c1-14-12-31(13-20(28)24(14)32)22-7-8-29-11-21(22)30-10-15-5-6-17(25)16(9-15)23-18(26)3-2-4-19(23)27/h2-9,11,14,20,24,30,32H,10,12-13,28H2,1H3/t14-,20+,24+/m0/s1. The number of nitrogens with one attached hydrogen (secondary N) is 1. The first-order valence-electron chi connectivity index (χ1n) is 10.4. The van der Waals surface area contributed by atoms with E-state index in [1.165, 1.54) is 18.2 Å². The number of halogens is 3. The van der Waals surface area contributed by atoms with Gasteiger partial charge in [0.25, 0.3) is 0 Å². The lowest BCUT2D eigenvalue weighted by molar-refractivity contribution is 0.0785. The van der Waals surface area contributed by atoms with Gasteiger partial charge in [0.1, 0.15) is 17.5 Å². The van der Waals surface area contributed by atoms with Crippen molar-refractivity contribution in [2.45, 2.75) is 25.6 Å². The second-order valence-electron chi connectivity index (χ2n) is 8.19. The third-order valence-corrected chi connectivity index (χ3v) is 5.85. The Bertz CT molecular complexity index is 1080. The first-order valence-corrected chi connectivity index (χ1v) is 10.4. The Morgan fingerprint density at radius 3 is 2.56 bits per heavy atom. The number of nitrogens with two attached hydrogens (primary N) is 1. The lowest BCUT2D eigenvalue weighted by Crippen LogP contribution is -2.55. The first kappa shape index (κ1) is 22.1. The van der Waals surface area contributed by atoms with Crippen LogP contribution in [0.4, 0.5) is 24.5 Å². The smallest absolute Gasteiger partial charge is 0.134 e. The molecule has 3 atom stereocenters. The summed E-state index contributed by atoms with van der Waals surface area (Å²) in [6, 6.07) is 9.16. The van der Waals surface area contributed by atoms with Gasteiger partial charge in [-0.2, -0.15) is 0 Å². The van der Waals surface area contributed by atoms with Crippen molar-refractivity contribution in [3.63, 3.8) is 0 Å². The van der Waals surface area contributed by atoms with E-state index in [1.807, 2.05) is 13.0 Å². The minimum Gasteiger partial charge on any atom is -0.391 e. The van der Waals surface area contributed by atoms with Crippen LogP contribution >= 0.6 is 0 Å². The summed E-state index contributed by atoms with van der Waals surface area (Å²) in [6.45, 7) is 3.38. The van der Waals surface area contributed by atoms with Crippen molar-refractivity contribution in [2.24, 2.45) is 11.7 Å². The third-order valence-electron chi connectivity index (χ3n) is 5.85. The second-order valence-corrected chi connectivity index (χ2v) is 8.19. The second kappa shape index (κ2) is 9.18. The maximum atomic E-state index is 14.4. The number of hydrogen-bond donors (Lipinski definition) is 3. The van der Waals surface area contributed by atoms with Crippen LogP contribution in [0.1, 0.15) is 12.5 Å². The van der Waals surface area contributed by atoms with Crippen molar-refractivity contribution < 1.29 is 18.3 Å². The SMILES string of the molecule is C[C@H]1CN(c2ccncc2NCc2ccc(F)c(-c3c(F)cccc3F)c2)C[C@@H](N)[C@@H]1O. The molecule has 1 aliphatic rings. The number of aromatic nitrogens is 1. The molecule has 5 nitrogen and oxygen atoms in total. The molecule has 0 unspecified atom stereocenters. The third kappa shape index (κ3) is 4.42. The van der Waals surface area contributed by atoms with E-state index in [1.54, 1.807) is 18.5 Å². The van der Waals surface area contributed by atoms with Gasteiger partial charge in [0.15, 0.2) is 0 Å². The minimum absolute atomic E-state index is 0.00934. The highest BCUT2D eigenvalue weighted by Crippen LogP contribution is 2.31. The van der Waals surface area contributed by atoms with Crippen LogP contribution in [0.25, 0.3) is 11.1 Å². The van der Waals surface area contributed by atoms with Gasteiger partial charge in [-0.15, -0.1) is 0 Å². The number of pyridine rings is 1. The summed E-state index contributed by atoms with van der Waals surface area (Å²) >= 11 is 0. The van der Waals surface area contributed by atoms with Crippen LogP contribution in [-0.2, 0) is 6.54 Å². The number of anilines is 2. The number of aliphatic hydroxyl groups excluding tert-OH is 1. The summed E-state index contributed by atoms with van der Waals surface area (Å²) in [5.41, 5.74) is 7.86. The van der Waals surface area contributed by atoms with Gasteiger partial charge in [-0.3, -0.25) is 4.98 Å². The fourth-order valence-electron chi connectivity index (χ4n) is 4.14. The Balaban J connectivity index is 1.57.